The maximum atomic E-state index is 12.4. The summed E-state index contributed by atoms with van der Waals surface area (Å²) in [6, 6.07) is 10.8. The molecule has 132 valence electrons. The van der Waals surface area contributed by atoms with Gasteiger partial charge in [-0.05, 0) is 37.8 Å². The number of amides is 2. The van der Waals surface area contributed by atoms with Gasteiger partial charge in [-0.3, -0.25) is 4.90 Å². The molecule has 2 saturated heterocycles. The van der Waals surface area contributed by atoms with Crippen molar-refractivity contribution in [2.24, 2.45) is 0 Å². The Hall–Kier alpha value is -1.24. The number of urea groups is 1. The molecule has 2 aliphatic rings. The summed E-state index contributed by atoms with van der Waals surface area (Å²) in [6.07, 6.45) is 2.20. The van der Waals surface area contributed by atoms with Gasteiger partial charge in [0.15, 0.2) is 0 Å². The van der Waals surface area contributed by atoms with Crippen LogP contribution in [0.3, 0.4) is 0 Å². The number of hydrogen-bond acceptors (Lipinski definition) is 4. The van der Waals surface area contributed by atoms with E-state index in [1.54, 1.807) is 0 Å². The standard InChI is InChI=1S/C18H27N3O2S/c1-20-11-12-23-17-8-10-21(14-16(17)20)18(22)19-9-5-13-24-15-6-3-2-4-7-15/h2-4,6-7,16-17H,5,8-14H2,1H3,(H,19,22)/t16-,17+/m1/s1. The minimum atomic E-state index is 0.0668. The summed E-state index contributed by atoms with van der Waals surface area (Å²) in [5.41, 5.74) is 0. The highest BCUT2D eigenvalue weighted by Gasteiger charge is 2.36. The number of likely N-dealkylation sites (N-methyl/N-ethyl adjacent to an activating group) is 1. The van der Waals surface area contributed by atoms with E-state index >= 15 is 0 Å². The van der Waals surface area contributed by atoms with Gasteiger partial charge >= 0.3 is 6.03 Å². The summed E-state index contributed by atoms with van der Waals surface area (Å²) in [5.74, 6) is 1.02. The first-order valence-electron chi connectivity index (χ1n) is 8.76. The predicted octanol–water partition coefficient (Wildman–Crippen LogP) is 2.28. The van der Waals surface area contributed by atoms with Gasteiger partial charge in [0, 0.05) is 31.1 Å². The van der Waals surface area contributed by atoms with E-state index in [1.165, 1.54) is 4.90 Å². The van der Waals surface area contributed by atoms with Crippen molar-refractivity contribution in [1.82, 2.24) is 15.1 Å². The van der Waals surface area contributed by atoms with Crippen LogP contribution >= 0.6 is 11.8 Å². The Bertz CT molecular complexity index is 528. The smallest absolute Gasteiger partial charge is 0.317 e. The third-order valence-corrected chi connectivity index (χ3v) is 5.86. The van der Waals surface area contributed by atoms with Gasteiger partial charge in [0.05, 0.1) is 18.8 Å². The lowest BCUT2D eigenvalue weighted by Gasteiger charge is -2.45. The molecule has 2 amide bonds. The van der Waals surface area contributed by atoms with Crippen molar-refractivity contribution in [2.75, 3.05) is 45.6 Å². The topological polar surface area (TPSA) is 44.8 Å². The minimum absolute atomic E-state index is 0.0668. The van der Waals surface area contributed by atoms with E-state index in [2.05, 4.69) is 41.5 Å². The van der Waals surface area contributed by atoms with Crippen LogP contribution in [0.5, 0.6) is 0 Å². The van der Waals surface area contributed by atoms with Gasteiger partial charge in [-0.15, -0.1) is 11.8 Å². The van der Waals surface area contributed by atoms with Gasteiger partial charge in [-0.25, -0.2) is 4.79 Å². The lowest BCUT2D eigenvalue weighted by atomic mass is 9.99. The fourth-order valence-corrected chi connectivity index (χ4v) is 4.19. The quantitative estimate of drug-likeness (QED) is 0.654. The molecule has 0 spiro atoms. The van der Waals surface area contributed by atoms with Gasteiger partial charge in [-0.1, -0.05) is 18.2 Å². The highest BCUT2D eigenvalue weighted by Crippen LogP contribution is 2.22. The van der Waals surface area contributed by atoms with Crippen LogP contribution in [0.4, 0.5) is 4.79 Å². The Kier molecular flexibility index (Phi) is 6.40. The molecule has 0 saturated carbocycles. The fourth-order valence-electron chi connectivity index (χ4n) is 3.31. The fraction of sp³-hybridized carbons (Fsp3) is 0.611. The highest BCUT2D eigenvalue weighted by atomic mass is 32.2. The molecule has 6 heteroatoms. The van der Waals surface area contributed by atoms with Crippen LogP contribution in [0.15, 0.2) is 35.2 Å². The molecule has 2 atom stereocenters. The zero-order valence-corrected chi connectivity index (χ0v) is 15.1. The molecule has 2 fully saturated rings. The number of thioether (sulfide) groups is 1. The van der Waals surface area contributed by atoms with E-state index < -0.39 is 0 Å². The minimum Gasteiger partial charge on any atom is -0.375 e. The molecule has 0 aromatic heterocycles. The third kappa shape index (κ3) is 4.65. The number of ether oxygens (including phenoxy) is 1. The van der Waals surface area contributed by atoms with Crippen molar-refractivity contribution < 1.29 is 9.53 Å². The first-order chi connectivity index (χ1) is 11.7. The molecule has 0 unspecified atom stereocenters. The Morgan fingerprint density at radius 2 is 2.17 bits per heavy atom. The summed E-state index contributed by atoms with van der Waals surface area (Å²) >= 11 is 1.83. The van der Waals surface area contributed by atoms with Gasteiger partial charge < -0.3 is 15.0 Å². The van der Waals surface area contributed by atoms with Crippen molar-refractivity contribution in [2.45, 2.75) is 29.9 Å². The summed E-state index contributed by atoms with van der Waals surface area (Å²) in [6.45, 7) is 4.05. The number of nitrogens with zero attached hydrogens (tertiary/aromatic N) is 2. The van der Waals surface area contributed by atoms with Gasteiger partial charge in [0.2, 0.25) is 0 Å². The van der Waals surface area contributed by atoms with Gasteiger partial charge in [-0.2, -0.15) is 0 Å². The number of nitrogens with one attached hydrogen (secondary N) is 1. The molecular weight excluding hydrogens is 322 g/mol. The predicted molar refractivity (Wildman–Crippen MR) is 97.5 cm³/mol. The molecular formula is C18H27N3O2S. The van der Waals surface area contributed by atoms with Crippen LogP contribution in [-0.2, 0) is 4.74 Å². The number of piperidine rings is 1. The Morgan fingerprint density at radius 3 is 3.00 bits per heavy atom. The molecule has 2 aliphatic heterocycles. The average Bonchev–Trinajstić information content (AvgIpc) is 2.62. The van der Waals surface area contributed by atoms with E-state index in [4.69, 9.17) is 4.74 Å². The van der Waals surface area contributed by atoms with E-state index in [0.717, 1.165) is 51.4 Å². The van der Waals surface area contributed by atoms with Crippen molar-refractivity contribution in [3.63, 3.8) is 0 Å². The average molecular weight is 350 g/mol. The summed E-state index contributed by atoms with van der Waals surface area (Å²) in [4.78, 5) is 17.9. The van der Waals surface area contributed by atoms with Gasteiger partial charge in [0.25, 0.3) is 0 Å². The first-order valence-corrected chi connectivity index (χ1v) is 9.75. The van der Waals surface area contributed by atoms with Crippen molar-refractivity contribution in [1.29, 1.82) is 0 Å². The zero-order chi connectivity index (χ0) is 16.8. The molecule has 1 N–H and O–H groups in total. The lowest BCUT2D eigenvalue weighted by molar-refractivity contribution is -0.0881. The van der Waals surface area contributed by atoms with E-state index in [1.807, 2.05) is 22.7 Å². The zero-order valence-electron chi connectivity index (χ0n) is 14.3. The van der Waals surface area contributed by atoms with Crippen LogP contribution in [0, 0.1) is 0 Å². The number of carbonyl (C=O) groups excluding carboxylic acids is 1. The molecule has 0 aliphatic carbocycles. The first kappa shape index (κ1) is 17.6. The van der Waals surface area contributed by atoms with Gasteiger partial charge in [0.1, 0.15) is 0 Å². The van der Waals surface area contributed by atoms with Crippen LogP contribution < -0.4 is 5.32 Å². The van der Waals surface area contributed by atoms with E-state index in [-0.39, 0.29) is 12.1 Å². The highest BCUT2D eigenvalue weighted by molar-refractivity contribution is 7.99. The second-order valence-corrected chi connectivity index (χ2v) is 7.61. The van der Waals surface area contributed by atoms with E-state index in [9.17, 15) is 4.79 Å². The second kappa shape index (κ2) is 8.74. The summed E-state index contributed by atoms with van der Waals surface area (Å²) < 4.78 is 5.83. The summed E-state index contributed by atoms with van der Waals surface area (Å²) in [7, 11) is 2.13. The van der Waals surface area contributed by atoms with Crippen molar-refractivity contribution in [3.05, 3.63) is 30.3 Å². The molecule has 5 nitrogen and oxygen atoms in total. The maximum absolute atomic E-state index is 12.4. The number of hydrogen-bond donors (Lipinski definition) is 1. The third-order valence-electron chi connectivity index (χ3n) is 4.76. The normalized spacial score (nSPS) is 24.5. The molecule has 2 heterocycles. The van der Waals surface area contributed by atoms with E-state index in [0.29, 0.717) is 6.04 Å². The molecule has 0 bridgehead atoms. The lowest BCUT2D eigenvalue weighted by Crippen LogP contribution is -2.60. The summed E-state index contributed by atoms with van der Waals surface area (Å²) in [5, 5.41) is 3.06. The Labute approximate surface area is 148 Å². The maximum Gasteiger partial charge on any atom is 0.317 e. The van der Waals surface area contributed by atoms with Crippen LogP contribution in [0.25, 0.3) is 0 Å². The second-order valence-electron chi connectivity index (χ2n) is 6.44. The monoisotopic (exact) mass is 349 g/mol. The molecule has 0 radical (unpaired) electrons. The molecule has 1 aromatic carbocycles. The Morgan fingerprint density at radius 1 is 1.33 bits per heavy atom. The van der Waals surface area contributed by atoms with Crippen LogP contribution in [-0.4, -0.2) is 73.6 Å². The van der Waals surface area contributed by atoms with Crippen molar-refractivity contribution in [3.8, 4) is 0 Å². The molecule has 24 heavy (non-hydrogen) atoms. The number of carbonyl (C=O) groups is 1. The SMILES string of the molecule is CN1CCO[C@H]2CCN(C(=O)NCCCSc3ccccc3)C[C@H]21. The molecule has 3 rings (SSSR count). The largest absolute Gasteiger partial charge is 0.375 e. The Balaban J connectivity index is 1.35. The number of rotatable bonds is 5. The molecule has 1 aromatic rings. The number of benzene rings is 1. The number of fused-ring (bicyclic) bond motifs is 1. The van der Waals surface area contributed by atoms with Crippen LogP contribution in [0.1, 0.15) is 12.8 Å². The number of morpholine rings is 1. The van der Waals surface area contributed by atoms with Crippen LogP contribution in [0.2, 0.25) is 0 Å². The number of likely N-dealkylation sites (tertiary alicyclic amines) is 1. The van der Waals surface area contributed by atoms with Crippen molar-refractivity contribution >= 4 is 17.8 Å².